The number of carbonyl (C=O) groups excluding carboxylic acids is 2. The molecule has 0 bridgehead atoms. The van der Waals surface area contributed by atoms with Gasteiger partial charge in [0.25, 0.3) is 0 Å². The van der Waals surface area contributed by atoms with Crippen molar-refractivity contribution < 1.29 is 9.59 Å². The average Bonchev–Trinajstić information content (AvgIpc) is 2.84. The molecule has 126 valence electrons. The maximum Gasteiger partial charge on any atom is 0.155 e. The molecule has 24 heavy (non-hydrogen) atoms. The number of Topliss-reactive ketones (excluding diaryl/α,β-unsaturated/α-hetero) is 1. The third-order valence-corrected chi connectivity index (χ3v) is 7.74. The van der Waals surface area contributed by atoms with E-state index in [1.165, 1.54) is 11.1 Å². The Kier molecular flexibility index (Phi) is 3.39. The fraction of sp³-hybridized carbons (Fsp3) is 0.667. The maximum absolute atomic E-state index is 13.2. The maximum atomic E-state index is 13.2. The summed E-state index contributed by atoms with van der Waals surface area (Å²) in [6, 6.07) is 2.19. The van der Waals surface area contributed by atoms with Crippen molar-refractivity contribution in [3.63, 3.8) is 0 Å². The number of nitriles is 1. The van der Waals surface area contributed by atoms with Crippen LogP contribution in [0, 0.1) is 39.9 Å². The number of nitrogens with zero attached hydrogens (tertiary/aromatic N) is 1. The Morgan fingerprint density at radius 2 is 1.96 bits per heavy atom. The molecule has 0 spiro atoms. The molecule has 0 radical (unpaired) electrons. The molecule has 0 heterocycles. The fourth-order valence-corrected chi connectivity index (χ4v) is 6.55. The summed E-state index contributed by atoms with van der Waals surface area (Å²) < 4.78 is 0. The largest absolute Gasteiger partial charge is 0.299 e. The van der Waals surface area contributed by atoms with Gasteiger partial charge in [0.1, 0.15) is 5.78 Å². The molecule has 0 saturated heterocycles. The lowest BCUT2D eigenvalue weighted by Crippen LogP contribution is -2.54. The number of hydrogen-bond donors (Lipinski definition) is 0. The molecular weight excluding hydrogens is 298 g/mol. The molecule has 3 heteroatoms. The van der Waals surface area contributed by atoms with E-state index in [-0.39, 0.29) is 22.5 Å². The number of hydrogen-bond acceptors (Lipinski definition) is 3. The predicted molar refractivity (Wildman–Crippen MR) is 90.8 cm³/mol. The van der Waals surface area contributed by atoms with Crippen molar-refractivity contribution in [2.45, 2.75) is 58.8 Å². The monoisotopic (exact) mass is 323 g/mol. The van der Waals surface area contributed by atoms with Gasteiger partial charge in [0, 0.05) is 24.8 Å². The zero-order valence-corrected chi connectivity index (χ0v) is 14.6. The topological polar surface area (TPSA) is 57.9 Å². The van der Waals surface area contributed by atoms with Crippen LogP contribution in [0.15, 0.2) is 23.3 Å². The van der Waals surface area contributed by atoms with Crippen LogP contribution in [-0.4, -0.2) is 11.6 Å². The van der Waals surface area contributed by atoms with E-state index in [4.69, 9.17) is 5.26 Å². The minimum atomic E-state index is -0.115. The Bertz CT molecular complexity index is 725. The summed E-state index contributed by atoms with van der Waals surface area (Å²) in [5.74, 6) is 1.60. The first kappa shape index (κ1) is 15.8. The molecule has 4 aliphatic carbocycles. The minimum absolute atomic E-state index is 0.0742. The molecule has 3 nitrogen and oxygen atoms in total. The SMILES string of the molecule is CC12CCC(=O)C=C1CCC1[C@@H]2C(=O)CC2(C)/C(=C\C#N)CC[C@@H]12. The molecule has 0 aromatic heterocycles. The van der Waals surface area contributed by atoms with Gasteiger partial charge in [-0.1, -0.05) is 25.0 Å². The van der Waals surface area contributed by atoms with Gasteiger partial charge >= 0.3 is 0 Å². The molecule has 5 atom stereocenters. The molecule has 0 aliphatic heterocycles. The molecular formula is C21H25NO2. The Balaban J connectivity index is 1.76. The van der Waals surface area contributed by atoms with Gasteiger partial charge in [0.2, 0.25) is 0 Å². The number of rotatable bonds is 0. The zero-order chi connectivity index (χ0) is 17.1. The van der Waals surface area contributed by atoms with Crippen molar-refractivity contribution in [3.8, 4) is 6.07 Å². The van der Waals surface area contributed by atoms with E-state index >= 15 is 0 Å². The molecule has 4 rings (SSSR count). The number of fused-ring (bicyclic) bond motifs is 5. The zero-order valence-electron chi connectivity index (χ0n) is 14.6. The van der Waals surface area contributed by atoms with E-state index in [9.17, 15) is 9.59 Å². The lowest BCUT2D eigenvalue weighted by Gasteiger charge is -2.56. The van der Waals surface area contributed by atoms with Crippen LogP contribution in [0.2, 0.25) is 0 Å². The molecule has 0 aromatic carbocycles. The third kappa shape index (κ3) is 1.95. The van der Waals surface area contributed by atoms with Gasteiger partial charge in [-0.05, 0) is 60.8 Å². The summed E-state index contributed by atoms with van der Waals surface area (Å²) in [5, 5.41) is 9.10. The quantitative estimate of drug-likeness (QED) is 0.629. The smallest absolute Gasteiger partial charge is 0.155 e. The van der Waals surface area contributed by atoms with Crippen LogP contribution >= 0.6 is 0 Å². The van der Waals surface area contributed by atoms with Crippen LogP contribution in [0.3, 0.4) is 0 Å². The van der Waals surface area contributed by atoms with Crippen LogP contribution in [0.4, 0.5) is 0 Å². The first-order chi connectivity index (χ1) is 11.4. The van der Waals surface area contributed by atoms with Crippen molar-refractivity contribution in [1.29, 1.82) is 5.26 Å². The summed E-state index contributed by atoms with van der Waals surface area (Å²) in [6.45, 7) is 4.43. The summed E-state index contributed by atoms with van der Waals surface area (Å²) in [6.07, 6.45) is 9.57. The molecule has 0 N–H and O–H groups in total. The van der Waals surface area contributed by atoms with Gasteiger partial charge in [-0.15, -0.1) is 0 Å². The lowest BCUT2D eigenvalue weighted by molar-refractivity contribution is -0.142. The molecule has 0 aromatic rings. The second kappa shape index (κ2) is 5.15. The number of allylic oxidation sites excluding steroid dienone is 3. The molecule has 0 amide bonds. The van der Waals surface area contributed by atoms with Crippen molar-refractivity contribution in [3.05, 3.63) is 23.3 Å². The van der Waals surface area contributed by atoms with E-state index in [2.05, 4.69) is 19.9 Å². The Hall–Kier alpha value is -1.69. The van der Waals surface area contributed by atoms with Gasteiger partial charge in [-0.25, -0.2) is 0 Å². The molecule has 3 fully saturated rings. The second-order valence-corrected chi connectivity index (χ2v) is 8.74. The van der Waals surface area contributed by atoms with E-state index in [0.29, 0.717) is 30.5 Å². The Morgan fingerprint density at radius 1 is 1.17 bits per heavy atom. The minimum Gasteiger partial charge on any atom is -0.299 e. The highest BCUT2D eigenvalue weighted by Gasteiger charge is 2.60. The highest BCUT2D eigenvalue weighted by Crippen LogP contribution is 2.65. The van der Waals surface area contributed by atoms with Gasteiger partial charge in [0.05, 0.1) is 6.07 Å². The van der Waals surface area contributed by atoms with Crippen molar-refractivity contribution >= 4 is 11.6 Å². The molecule has 4 aliphatic rings. The highest BCUT2D eigenvalue weighted by molar-refractivity contribution is 5.93. The summed E-state index contributed by atoms with van der Waals surface area (Å²) in [7, 11) is 0. The fourth-order valence-electron chi connectivity index (χ4n) is 6.55. The van der Waals surface area contributed by atoms with Gasteiger partial charge in [0.15, 0.2) is 5.78 Å². The Labute approximate surface area is 143 Å². The first-order valence-corrected chi connectivity index (χ1v) is 9.26. The van der Waals surface area contributed by atoms with Crippen LogP contribution < -0.4 is 0 Å². The Morgan fingerprint density at radius 3 is 2.71 bits per heavy atom. The van der Waals surface area contributed by atoms with Crippen LogP contribution in [0.1, 0.15) is 58.8 Å². The molecule has 3 unspecified atom stereocenters. The normalized spacial score (nSPS) is 46.0. The van der Waals surface area contributed by atoms with Crippen LogP contribution in [-0.2, 0) is 9.59 Å². The van der Waals surface area contributed by atoms with Gasteiger partial charge in [-0.2, -0.15) is 5.26 Å². The second-order valence-electron chi connectivity index (χ2n) is 8.74. The third-order valence-electron chi connectivity index (χ3n) is 7.74. The summed E-state index contributed by atoms with van der Waals surface area (Å²) in [5.41, 5.74) is 2.18. The van der Waals surface area contributed by atoms with Gasteiger partial charge in [-0.3, -0.25) is 9.59 Å². The van der Waals surface area contributed by atoms with Crippen molar-refractivity contribution in [2.24, 2.45) is 28.6 Å². The predicted octanol–water partition coefficient (Wildman–Crippen LogP) is 4.15. The summed E-state index contributed by atoms with van der Waals surface area (Å²) >= 11 is 0. The van der Waals surface area contributed by atoms with Crippen molar-refractivity contribution in [2.75, 3.05) is 0 Å². The average molecular weight is 323 g/mol. The van der Waals surface area contributed by atoms with E-state index in [1.807, 2.05) is 6.08 Å². The van der Waals surface area contributed by atoms with E-state index in [0.717, 1.165) is 32.1 Å². The van der Waals surface area contributed by atoms with Crippen molar-refractivity contribution in [1.82, 2.24) is 0 Å². The number of carbonyl (C=O) groups is 2. The van der Waals surface area contributed by atoms with Gasteiger partial charge < -0.3 is 0 Å². The standard InChI is InChI=1S/C21H25NO2/c1-20-9-7-15(23)11-14(20)3-5-16-17-6-4-13(8-10-22)21(17,2)12-18(24)19(16)20/h8,11,16-17,19H,3-7,9,12H2,1-2H3/b13-8-/t16?,17-,19+,20?,21?/m0/s1. The van der Waals surface area contributed by atoms with Crippen LogP contribution in [0.5, 0.6) is 0 Å². The number of ketones is 2. The van der Waals surface area contributed by atoms with Crippen LogP contribution in [0.25, 0.3) is 0 Å². The van der Waals surface area contributed by atoms with E-state index < -0.39 is 0 Å². The van der Waals surface area contributed by atoms with E-state index in [1.54, 1.807) is 6.08 Å². The summed E-state index contributed by atoms with van der Waals surface area (Å²) in [4.78, 5) is 25.1. The first-order valence-electron chi connectivity index (χ1n) is 9.26. The lowest BCUT2D eigenvalue weighted by atomic mass is 9.47. The molecule has 3 saturated carbocycles. The highest BCUT2D eigenvalue weighted by atomic mass is 16.1.